The fraction of sp³-hybridized carbons (Fsp3) is 0.538. The van der Waals surface area contributed by atoms with Crippen LogP contribution in [0.25, 0.3) is 0 Å². The molecule has 0 fully saturated rings. The summed E-state index contributed by atoms with van der Waals surface area (Å²) in [5.74, 6) is 0.592. The van der Waals surface area contributed by atoms with Crippen molar-refractivity contribution in [3.8, 4) is 0 Å². The quantitative estimate of drug-likeness (QED) is 0.783. The van der Waals surface area contributed by atoms with Gasteiger partial charge in [0.25, 0.3) is 0 Å². The lowest BCUT2D eigenvalue weighted by atomic mass is 9.85. The topological polar surface area (TPSA) is 20.2 Å². The van der Waals surface area contributed by atoms with E-state index in [-0.39, 0.29) is 5.41 Å². The predicted molar refractivity (Wildman–Crippen MR) is 65.4 cm³/mol. The van der Waals surface area contributed by atoms with Gasteiger partial charge in [-0.25, -0.2) is 0 Å². The zero-order valence-electron chi connectivity index (χ0n) is 9.84. The van der Waals surface area contributed by atoms with Crippen LogP contribution in [0.5, 0.6) is 0 Å². The maximum absolute atomic E-state index is 9.81. The highest BCUT2D eigenvalue weighted by Crippen LogP contribution is 2.27. The molecule has 84 valence electrons. The van der Waals surface area contributed by atoms with Crippen LogP contribution in [0.2, 0.25) is 0 Å². The van der Waals surface area contributed by atoms with Gasteiger partial charge in [-0.05, 0) is 25.0 Å². The number of hydrogen-bond donors (Lipinski definition) is 1. The summed E-state index contributed by atoms with van der Waals surface area (Å²) in [7, 11) is 0. The molecule has 0 saturated heterocycles. The van der Waals surface area contributed by atoms with E-state index in [1.54, 1.807) is 13.8 Å². The molecular formula is C13H19ClO. The molecule has 0 heterocycles. The van der Waals surface area contributed by atoms with Gasteiger partial charge < -0.3 is 5.11 Å². The third kappa shape index (κ3) is 2.96. The Bertz CT molecular complexity index is 319. The molecule has 0 amide bonds. The molecule has 0 aromatic heterocycles. The van der Waals surface area contributed by atoms with E-state index in [1.165, 1.54) is 5.56 Å². The molecule has 1 N–H and O–H groups in total. The first kappa shape index (κ1) is 12.5. The van der Waals surface area contributed by atoms with Gasteiger partial charge in [-0.3, -0.25) is 0 Å². The van der Waals surface area contributed by atoms with Crippen LogP contribution in [0.4, 0.5) is 0 Å². The number of hydrogen-bond acceptors (Lipinski definition) is 1. The summed E-state index contributed by atoms with van der Waals surface area (Å²) >= 11 is 5.91. The smallest absolute Gasteiger partial charge is 0.0840 e. The minimum Gasteiger partial charge on any atom is -0.386 e. The molecule has 1 nitrogen and oxygen atoms in total. The molecule has 2 heteroatoms. The van der Waals surface area contributed by atoms with Crippen LogP contribution < -0.4 is 0 Å². The zero-order valence-corrected chi connectivity index (χ0v) is 10.6. The van der Waals surface area contributed by atoms with Crippen molar-refractivity contribution in [3.05, 3.63) is 35.4 Å². The molecule has 0 aliphatic rings. The second-order valence-electron chi connectivity index (χ2n) is 5.15. The number of alkyl halides is 1. The van der Waals surface area contributed by atoms with Crippen LogP contribution in [0.15, 0.2) is 24.3 Å². The van der Waals surface area contributed by atoms with Crippen molar-refractivity contribution in [1.82, 2.24) is 0 Å². The van der Waals surface area contributed by atoms with E-state index in [0.717, 1.165) is 5.56 Å². The lowest BCUT2D eigenvalue weighted by Crippen LogP contribution is -2.20. The maximum Gasteiger partial charge on any atom is 0.0840 e. The highest BCUT2D eigenvalue weighted by molar-refractivity contribution is 6.18. The Hall–Kier alpha value is -0.530. The van der Waals surface area contributed by atoms with E-state index in [0.29, 0.717) is 5.88 Å². The molecule has 0 bridgehead atoms. The minimum absolute atomic E-state index is 0.0142. The first-order valence-electron chi connectivity index (χ1n) is 5.17. The zero-order chi connectivity index (χ0) is 11.7. The molecule has 0 spiro atoms. The summed E-state index contributed by atoms with van der Waals surface area (Å²) in [5, 5.41) is 9.81. The number of benzene rings is 1. The van der Waals surface area contributed by atoms with E-state index < -0.39 is 5.60 Å². The second kappa shape index (κ2) is 4.15. The lowest BCUT2D eigenvalue weighted by Gasteiger charge is -2.24. The summed E-state index contributed by atoms with van der Waals surface area (Å²) in [6, 6.07) is 8.00. The van der Waals surface area contributed by atoms with Gasteiger partial charge >= 0.3 is 0 Å². The number of halogens is 1. The molecule has 1 aromatic carbocycles. The van der Waals surface area contributed by atoms with Gasteiger partial charge in [0.05, 0.1) is 5.60 Å². The third-order valence-electron chi connectivity index (χ3n) is 2.71. The largest absolute Gasteiger partial charge is 0.386 e. The lowest BCUT2D eigenvalue weighted by molar-refractivity contribution is 0.0785. The Morgan fingerprint density at radius 2 is 1.40 bits per heavy atom. The van der Waals surface area contributed by atoms with E-state index in [9.17, 15) is 5.11 Å². The van der Waals surface area contributed by atoms with Crippen LogP contribution in [0, 0.1) is 0 Å². The van der Waals surface area contributed by atoms with Gasteiger partial charge in [-0.1, -0.05) is 38.1 Å². The second-order valence-corrected chi connectivity index (χ2v) is 5.42. The summed E-state index contributed by atoms with van der Waals surface area (Å²) in [4.78, 5) is 0. The third-order valence-corrected chi connectivity index (χ3v) is 3.38. The van der Waals surface area contributed by atoms with Crippen molar-refractivity contribution in [2.75, 3.05) is 5.88 Å². The Morgan fingerprint density at radius 1 is 1.00 bits per heavy atom. The van der Waals surface area contributed by atoms with E-state index >= 15 is 0 Å². The standard InChI is InChI=1S/C13H19ClO/c1-12(2,9-14)10-5-7-11(8-6-10)13(3,4)15/h5-8,15H,9H2,1-4H3. The average molecular weight is 227 g/mol. The predicted octanol–water partition coefficient (Wildman–Crippen LogP) is 3.43. The number of aliphatic hydroxyl groups is 1. The highest BCUT2D eigenvalue weighted by atomic mass is 35.5. The SMILES string of the molecule is CC(C)(O)c1ccc(C(C)(C)CCl)cc1. The Labute approximate surface area is 97.1 Å². The van der Waals surface area contributed by atoms with Gasteiger partial charge in [-0.2, -0.15) is 0 Å². The van der Waals surface area contributed by atoms with Crippen LogP contribution in [0.3, 0.4) is 0 Å². The summed E-state index contributed by atoms with van der Waals surface area (Å²) < 4.78 is 0. The molecule has 0 aliphatic heterocycles. The van der Waals surface area contributed by atoms with Crippen LogP contribution in [-0.2, 0) is 11.0 Å². The van der Waals surface area contributed by atoms with Crippen molar-refractivity contribution in [2.45, 2.75) is 38.7 Å². The van der Waals surface area contributed by atoms with Gasteiger partial charge in [0.15, 0.2) is 0 Å². The average Bonchev–Trinajstić information content (AvgIpc) is 2.17. The van der Waals surface area contributed by atoms with Gasteiger partial charge in [0.1, 0.15) is 0 Å². The van der Waals surface area contributed by atoms with Crippen molar-refractivity contribution >= 4 is 11.6 Å². The van der Waals surface area contributed by atoms with E-state index in [2.05, 4.69) is 13.8 Å². The summed E-state index contributed by atoms with van der Waals surface area (Å²) in [6.45, 7) is 7.79. The van der Waals surface area contributed by atoms with E-state index in [1.807, 2.05) is 24.3 Å². The molecule has 15 heavy (non-hydrogen) atoms. The van der Waals surface area contributed by atoms with Gasteiger partial charge in [0.2, 0.25) is 0 Å². The van der Waals surface area contributed by atoms with Crippen molar-refractivity contribution in [1.29, 1.82) is 0 Å². The minimum atomic E-state index is -0.774. The molecule has 0 atom stereocenters. The van der Waals surface area contributed by atoms with Crippen molar-refractivity contribution in [2.24, 2.45) is 0 Å². The maximum atomic E-state index is 9.81. The summed E-state index contributed by atoms with van der Waals surface area (Å²) in [5.41, 5.74) is 1.34. The fourth-order valence-corrected chi connectivity index (χ4v) is 1.56. The van der Waals surface area contributed by atoms with Crippen molar-refractivity contribution < 1.29 is 5.11 Å². The molecule has 1 rings (SSSR count). The number of rotatable bonds is 3. The normalized spacial score (nSPS) is 12.9. The molecule has 0 unspecified atom stereocenters. The first-order chi connectivity index (χ1) is 6.77. The Balaban J connectivity index is 3.01. The molecule has 0 radical (unpaired) electrons. The van der Waals surface area contributed by atoms with Crippen LogP contribution in [-0.4, -0.2) is 11.0 Å². The molecule has 0 aliphatic carbocycles. The van der Waals surface area contributed by atoms with E-state index in [4.69, 9.17) is 11.6 Å². The molecule has 0 saturated carbocycles. The Morgan fingerprint density at radius 3 is 1.73 bits per heavy atom. The van der Waals surface area contributed by atoms with Crippen molar-refractivity contribution in [3.63, 3.8) is 0 Å². The van der Waals surface area contributed by atoms with Gasteiger partial charge in [-0.15, -0.1) is 11.6 Å². The first-order valence-corrected chi connectivity index (χ1v) is 5.70. The van der Waals surface area contributed by atoms with Gasteiger partial charge in [0, 0.05) is 11.3 Å². The van der Waals surface area contributed by atoms with Crippen LogP contribution >= 0.6 is 11.6 Å². The Kier molecular flexibility index (Phi) is 3.47. The molecule has 1 aromatic rings. The highest BCUT2D eigenvalue weighted by Gasteiger charge is 2.21. The monoisotopic (exact) mass is 226 g/mol. The summed E-state index contributed by atoms with van der Waals surface area (Å²) in [6.07, 6.45) is 0. The molecular weight excluding hydrogens is 208 g/mol. The van der Waals surface area contributed by atoms with Crippen LogP contribution in [0.1, 0.15) is 38.8 Å². The fourth-order valence-electron chi connectivity index (χ4n) is 1.41.